The van der Waals surface area contributed by atoms with Crippen LogP contribution in [0.2, 0.25) is 0 Å². The highest BCUT2D eigenvalue weighted by Crippen LogP contribution is 2.37. The van der Waals surface area contributed by atoms with Gasteiger partial charge in [0.2, 0.25) is 0 Å². The molecule has 0 fully saturated rings. The number of rotatable bonds is 2. The molecule has 0 saturated heterocycles. The average molecular weight is 341 g/mol. The number of aromatic carboxylic acids is 1. The third-order valence-electron chi connectivity index (χ3n) is 4.50. The molecule has 1 aliphatic rings. The molecule has 4 rings (SSSR count). The Morgan fingerprint density at radius 3 is 3.00 bits per heavy atom. The van der Waals surface area contributed by atoms with E-state index >= 15 is 0 Å². The summed E-state index contributed by atoms with van der Waals surface area (Å²) in [5.41, 5.74) is 2.48. The van der Waals surface area contributed by atoms with Crippen LogP contribution in [0, 0.1) is 0 Å². The lowest BCUT2D eigenvalue weighted by atomic mass is 9.98. The normalized spacial score (nSPS) is 17.0. The SMILES string of the molecule is C[C@@H]1c2scc(C(=O)O)c2CCN1C(=O)c1cnc2ccccn12. The Morgan fingerprint density at radius 2 is 2.21 bits per heavy atom. The van der Waals surface area contributed by atoms with Gasteiger partial charge in [0.15, 0.2) is 0 Å². The summed E-state index contributed by atoms with van der Waals surface area (Å²) in [6, 6.07) is 5.45. The summed E-state index contributed by atoms with van der Waals surface area (Å²) < 4.78 is 1.78. The van der Waals surface area contributed by atoms with E-state index in [1.165, 1.54) is 11.3 Å². The standard InChI is InChI=1S/C17H15N3O3S/c1-10-15-11(12(9-24-15)17(22)23)5-7-19(10)16(21)13-8-18-14-4-2-3-6-20(13)14/h2-4,6,8-10H,5,7H2,1H3,(H,22,23)/t10-/m1/s1. The van der Waals surface area contributed by atoms with Gasteiger partial charge in [-0.25, -0.2) is 9.78 Å². The maximum Gasteiger partial charge on any atom is 0.336 e. The van der Waals surface area contributed by atoms with Crippen molar-refractivity contribution >= 4 is 28.9 Å². The molecule has 7 heteroatoms. The number of aromatic nitrogens is 2. The van der Waals surface area contributed by atoms with E-state index in [9.17, 15) is 14.7 Å². The van der Waals surface area contributed by atoms with Gasteiger partial charge in [0.1, 0.15) is 11.3 Å². The van der Waals surface area contributed by atoms with Crippen LogP contribution in [0.1, 0.15) is 44.3 Å². The molecule has 0 saturated carbocycles. The Labute approximate surface area is 142 Å². The smallest absolute Gasteiger partial charge is 0.336 e. The number of nitrogens with zero attached hydrogens (tertiary/aromatic N) is 3. The van der Waals surface area contributed by atoms with E-state index in [-0.39, 0.29) is 11.9 Å². The fraction of sp³-hybridized carbons (Fsp3) is 0.235. The van der Waals surface area contributed by atoms with Crippen molar-refractivity contribution in [2.75, 3.05) is 6.54 Å². The van der Waals surface area contributed by atoms with Gasteiger partial charge in [-0.3, -0.25) is 9.20 Å². The number of amides is 1. The number of carboxylic acids is 1. The molecule has 0 aromatic carbocycles. The van der Waals surface area contributed by atoms with Crippen LogP contribution in [0.5, 0.6) is 0 Å². The van der Waals surface area contributed by atoms with Crippen LogP contribution in [-0.4, -0.2) is 37.8 Å². The highest BCUT2D eigenvalue weighted by atomic mass is 32.1. The highest BCUT2D eigenvalue weighted by molar-refractivity contribution is 7.10. The number of hydrogen-bond donors (Lipinski definition) is 1. The summed E-state index contributed by atoms with van der Waals surface area (Å²) in [6.07, 6.45) is 3.98. The topological polar surface area (TPSA) is 74.9 Å². The first kappa shape index (κ1) is 14.9. The van der Waals surface area contributed by atoms with Crippen molar-refractivity contribution in [1.82, 2.24) is 14.3 Å². The van der Waals surface area contributed by atoms with Crippen LogP contribution >= 0.6 is 11.3 Å². The molecule has 4 heterocycles. The van der Waals surface area contributed by atoms with E-state index in [2.05, 4.69) is 4.98 Å². The number of fused-ring (bicyclic) bond motifs is 2. The Bertz CT molecular complexity index is 959. The zero-order valence-electron chi connectivity index (χ0n) is 13.0. The summed E-state index contributed by atoms with van der Waals surface area (Å²) in [5.74, 6) is -0.988. The molecule has 0 aliphatic carbocycles. The van der Waals surface area contributed by atoms with E-state index in [1.54, 1.807) is 20.9 Å². The quantitative estimate of drug-likeness (QED) is 0.778. The largest absolute Gasteiger partial charge is 0.478 e. The number of thiophene rings is 1. The Hall–Kier alpha value is -2.67. The first-order valence-electron chi connectivity index (χ1n) is 7.64. The lowest BCUT2D eigenvalue weighted by Gasteiger charge is -2.33. The van der Waals surface area contributed by atoms with Gasteiger partial charge in [-0.05, 0) is 31.0 Å². The Morgan fingerprint density at radius 1 is 1.38 bits per heavy atom. The first-order chi connectivity index (χ1) is 11.6. The number of carbonyl (C=O) groups excluding carboxylic acids is 1. The molecule has 24 heavy (non-hydrogen) atoms. The monoisotopic (exact) mass is 341 g/mol. The molecule has 1 amide bonds. The number of carboxylic acid groups (broad SMARTS) is 1. The zero-order chi connectivity index (χ0) is 16.8. The third-order valence-corrected chi connectivity index (χ3v) is 5.70. The van der Waals surface area contributed by atoms with Crippen LogP contribution < -0.4 is 0 Å². The van der Waals surface area contributed by atoms with Gasteiger partial charge in [0, 0.05) is 23.0 Å². The predicted octanol–water partition coefficient (Wildman–Crippen LogP) is 2.85. The van der Waals surface area contributed by atoms with Crippen molar-refractivity contribution in [3.63, 3.8) is 0 Å². The number of carbonyl (C=O) groups is 2. The molecule has 0 spiro atoms. The molecule has 3 aromatic rings. The maximum absolute atomic E-state index is 13.0. The van der Waals surface area contributed by atoms with Gasteiger partial charge < -0.3 is 10.0 Å². The summed E-state index contributed by atoms with van der Waals surface area (Å²) in [7, 11) is 0. The highest BCUT2D eigenvalue weighted by Gasteiger charge is 2.33. The van der Waals surface area contributed by atoms with Gasteiger partial charge in [-0.1, -0.05) is 6.07 Å². The van der Waals surface area contributed by atoms with Crippen LogP contribution in [-0.2, 0) is 6.42 Å². The van der Waals surface area contributed by atoms with E-state index in [0.717, 1.165) is 16.1 Å². The van der Waals surface area contributed by atoms with Gasteiger partial charge >= 0.3 is 5.97 Å². The van der Waals surface area contributed by atoms with Crippen molar-refractivity contribution in [1.29, 1.82) is 0 Å². The van der Waals surface area contributed by atoms with Crippen LogP contribution in [0.15, 0.2) is 36.0 Å². The van der Waals surface area contributed by atoms with Crippen molar-refractivity contribution < 1.29 is 14.7 Å². The van der Waals surface area contributed by atoms with Crippen molar-refractivity contribution in [3.8, 4) is 0 Å². The minimum atomic E-state index is -0.902. The molecule has 0 unspecified atom stereocenters. The van der Waals surface area contributed by atoms with Crippen LogP contribution in [0.4, 0.5) is 0 Å². The number of hydrogen-bond acceptors (Lipinski definition) is 4. The lowest BCUT2D eigenvalue weighted by molar-refractivity contribution is 0.0672. The number of imidazole rings is 1. The molecule has 6 nitrogen and oxygen atoms in total. The second kappa shape index (κ2) is 5.45. The summed E-state index contributed by atoms with van der Waals surface area (Å²) >= 11 is 1.41. The van der Waals surface area contributed by atoms with E-state index in [1.807, 2.05) is 31.3 Å². The van der Waals surface area contributed by atoms with Gasteiger partial charge in [0.25, 0.3) is 5.91 Å². The van der Waals surface area contributed by atoms with E-state index in [4.69, 9.17) is 0 Å². The third kappa shape index (κ3) is 2.12. The first-order valence-corrected chi connectivity index (χ1v) is 8.52. The van der Waals surface area contributed by atoms with Crippen LogP contribution in [0.25, 0.3) is 5.65 Å². The molecule has 0 bridgehead atoms. The second-order valence-electron chi connectivity index (χ2n) is 5.79. The Kier molecular flexibility index (Phi) is 3.38. The van der Waals surface area contributed by atoms with Crippen molar-refractivity contribution in [2.24, 2.45) is 0 Å². The second-order valence-corrected chi connectivity index (χ2v) is 6.71. The summed E-state index contributed by atoms with van der Waals surface area (Å²) in [4.78, 5) is 31.3. The maximum atomic E-state index is 13.0. The molecular formula is C17H15N3O3S. The van der Waals surface area contributed by atoms with Gasteiger partial charge in [0.05, 0.1) is 17.8 Å². The molecular weight excluding hydrogens is 326 g/mol. The zero-order valence-corrected chi connectivity index (χ0v) is 13.8. The van der Waals surface area contributed by atoms with E-state index < -0.39 is 5.97 Å². The summed E-state index contributed by atoms with van der Waals surface area (Å²) in [6.45, 7) is 2.45. The van der Waals surface area contributed by atoms with E-state index in [0.29, 0.717) is 24.2 Å². The average Bonchev–Trinajstić information content (AvgIpc) is 3.19. The molecule has 122 valence electrons. The van der Waals surface area contributed by atoms with Crippen LogP contribution in [0.3, 0.4) is 0 Å². The van der Waals surface area contributed by atoms with Crippen molar-refractivity contribution in [3.05, 3.63) is 57.7 Å². The molecule has 0 radical (unpaired) electrons. The predicted molar refractivity (Wildman–Crippen MR) is 89.6 cm³/mol. The minimum Gasteiger partial charge on any atom is -0.478 e. The fourth-order valence-corrected chi connectivity index (χ4v) is 4.43. The fourth-order valence-electron chi connectivity index (χ4n) is 3.27. The molecule has 1 aliphatic heterocycles. The summed E-state index contributed by atoms with van der Waals surface area (Å²) in [5, 5.41) is 10.9. The molecule has 1 atom stereocenters. The number of pyridine rings is 1. The lowest BCUT2D eigenvalue weighted by Crippen LogP contribution is -2.39. The van der Waals surface area contributed by atoms with Gasteiger partial charge in [-0.2, -0.15) is 0 Å². The minimum absolute atomic E-state index is 0.0860. The molecule has 3 aromatic heterocycles. The Balaban J connectivity index is 1.70. The van der Waals surface area contributed by atoms with Crippen molar-refractivity contribution in [2.45, 2.75) is 19.4 Å². The molecule has 1 N–H and O–H groups in total. The van der Waals surface area contributed by atoms with Gasteiger partial charge in [-0.15, -0.1) is 11.3 Å².